The molecule has 1 saturated carbocycles. The van der Waals surface area contributed by atoms with Gasteiger partial charge in [-0.1, -0.05) is 13.8 Å². The average Bonchev–Trinajstić information content (AvgIpc) is 3.29. The summed E-state index contributed by atoms with van der Waals surface area (Å²) in [7, 11) is 0. The number of aromatic nitrogens is 1. The van der Waals surface area contributed by atoms with Crippen molar-refractivity contribution in [2.24, 2.45) is 5.92 Å². The molecule has 2 atom stereocenters. The second-order valence-electron chi connectivity index (χ2n) is 9.02. The molecule has 26 heavy (non-hydrogen) atoms. The predicted molar refractivity (Wildman–Crippen MR) is 108 cm³/mol. The first-order chi connectivity index (χ1) is 12.1. The summed E-state index contributed by atoms with van der Waals surface area (Å²) in [5.74, 6) is 0.779. The summed E-state index contributed by atoms with van der Waals surface area (Å²) in [4.78, 5) is 0. The highest BCUT2D eigenvalue weighted by atomic mass is 32.2. The van der Waals surface area contributed by atoms with E-state index in [0.717, 1.165) is 41.4 Å². The summed E-state index contributed by atoms with van der Waals surface area (Å²) in [5, 5.41) is 0.929. The van der Waals surface area contributed by atoms with Crippen molar-refractivity contribution in [3.05, 3.63) is 35.3 Å². The van der Waals surface area contributed by atoms with Gasteiger partial charge in [-0.2, -0.15) is 0 Å². The molecule has 1 fully saturated rings. The van der Waals surface area contributed by atoms with Crippen LogP contribution >= 0.6 is 0 Å². The van der Waals surface area contributed by atoms with E-state index in [2.05, 4.69) is 29.3 Å². The largest absolute Gasteiger partial charge is 0.598 e. The Bertz CT molecular complexity index is 789. The van der Waals surface area contributed by atoms with Crippen LogP contribution in [0.3, 0.4) is 0 Å². The van der Waals surface area contributed by atoms with Gasteiger partial charge in [0.2, 0.25) is 0 Å². The number of hydrogen-bond donors (Lipinski definition) is 1. The maximum Gasteiger partial charge on any atom is 0.136 e. The summed E-state index contributed by atoms with van der Waals surface area (Å²) in [6.45, 7) is 13.1. The van der Waals surface area contributed by atoms with Gasteiger partial charge in [0.1, 0.15) is 10.6 Å². The third-order valence-electron chi connectivity index (χ3n) is 4.92. The smallest absolute Gasteiger partial charge is 0.136 e. The summed E-state index contributed by atoms with van der Waals surface area (Å²) < 4.78 is 32.3. The van der Waals surface area contributed by atoms with Gasteiger partial charge in [0.05, 0.1) is 6.04 Å². The van der Waals surface area contributed by atoms with Crippen LogP contribution in [0.4, 0.5) is 4.39 Å². The van der Waals surface area contributed by atoms with E-state index in [-0.39, 0.29) is 16.6 Å². The SMILES string of the molecule is CC(C)Cn1cc([C@@H](C)N[S+]([O-])C(C)(C)C)c2cc(F)c(C3CC3)cc21. The van der Waals surface area contributed by atoms with Gasteiger partial charge in [-0.25, -0.2) is 4.39 Å². The van der Waals surface area contributed by atoms with Crippen molar-refractivity contribution in [2.75, 3.05) is 0 Å². The molecule has 0 amide bonds. The molecule has 1 aliphatic rings. The zero-order valence-corrected chi connectivity index (χ0v) is 17.5. The molecule has 1 heterocycles. The van der Waals surface area contributed by atoms with Crippen LogP contribution in [-0.4, -0.2) is 13.9 Å². The standard InChI is InChI=1S/C21H31FN2OS/c1-13(2)11-24-12-18(14(3)23-26(25)21(4,5)6)17-9-19(22)16(10-20(17)24)15-7-8-15/h9-10,12-15,23H,7-8,11H2,1-6H3/t14-,26?/m1/s1. The first-order valence-corrected chi connectivity index (χ1v) is 10.7. The highest BCUT2D eigenvalue weighted by Gasteiger charge is 2.31. The topological polar surface area (TPSA) is 40.0 Å². The lowest BCUT2D eigenvalue weighted by Crippen LogP contribution is -2.40. The average molecular weight is 379 g/mol. The Kier molecular flexibility index (Phi) is 5.44. The molecule has 3 rings (SSSR count). The van der Waals surface area contributed by atoms with Gasteiger partial charge >= 0.3 is 0 Å². The van der Waals surface area contributed by atoms with E-state index in [1.54, 1.807) is 6.07 Å². The van der Waals surface area contributed by atoms with Crippen LogP contribution in [-0.2, 0) is 17.9 Å². The van der Waals surface area contributed by atoms with Gasteiger partial charge in [-0.3, -0.25) is 0 Å². The van der Waals surface area contributed by atoms with Crippen LogP contribution in [0, 0.1) is 11.7 Å². The Hall–Kier alpha value is -1.04. The Balaban J connectivity index is 2.02. The molecule has 1 aromatic heterocycles. The van der Waals surface area contributed by atoms with Crippen molar-refractivity contribution >= 4 is 22.3 Å². The van der Waals surface area contributed by atoms with Crippen molar-refractivity contribution in [1.82, 2.24) is 9.29 Å². The molecule has 1 aromatic carbocycles. The molecule has 3 nitrogen and oxygen atoms in total. The van der Waals surface area contributed by atoms with E-state index in [0.29, 0.717) is 11.8 Å². The van der Waals surface area contributed by atoms with E-state index in [9.17, 15) is 8.94 Å². The maximum absolute atomic E-state index is 14.7. The second-order valence-corrected chi connectivity index (χ2v) is 11.0. The van der Waals surface area contributed by atoms with Gasteiger partial charge < -0.3 is 9.12 Å². The van der Waals surface area contributed by atoms with E-state index in [1.165, 1.54) is 0 Å². The normalized spacial score (nSPS) is 17.9. The molecule has 0 spiro atoms. The molecule has 144 valence electrons. The van der Waals surface area contributed by atoms with E-state index >= 15 is 0 Å². The summed E-state index contributed by atoms with van der Waals surface area (Å²) in [5.41, 5.74) is 2.96. The number of fused-ring (bicyclic) bond motifs is 1. The van der Waals surface area contributed by atoms with Crippen LogP contribution in [0.2, 0.25) is 0 Å². The zero-order chi connectivity index (χ0) is 19.2. The molecule has 0 saturated heterocycles. The van der Waals surface area contributed by atoms with Gasteiger partial charge in [-0.05, 0) is 75.6 Å². The number of nitrogens with zero attached hydrogens (tertiary/aromatic N) is 1. The second kappa shape index (κ2) is 7.17. The lowest BCUT2D eigenvalue weighted by atomic mass is 10.0. The van der Waals surface area contributed by atoms with Crippen LogP contribution in [0.15, 0.2) is 18.3 Å². The van der Waals surface area contributed by atoms with Gasteiger partial charge in [0.15, 0.2) is 0 Å². The predicted octanol–water partition coefficient (Wildman–Crippen LogP) is 5.43. The van der Waals surface area contributed by atoms with Crippen molar-refractivity contribution in [3.8, 4) is 0 Å². The van der Waals surface area contributed by atoms with Crippen LogP contribution in [0.5, 0.6) is 0 Å². The molecule has 0 aliphatic heterocycles. The van der Waals surface area contributed by atoms with E-state index in [1.807, 2.05) is 33.8 Å². The quantitative estimate of drug-likeness (QED) is 0.681. The molecular formula is C21H31FN2OS. The number of hydrogen-bond acceptors (Lipinski definition) is 2. The monoisotopic (exact) mass is 378 g/mol. The fourth-order valence-electron chi connectivity index (χ4n) is 3.35. The third-order valence-corrected chi connectivity index (χ3v) is 6.60. The lowest BCUT2D eigenvalue weighted by molar-refractivity contribution is 0.525. The minimum atomic E-state index is -1.17. The lowest BCUT2D eigenvalue weighted by Gasteiger charge is -2.26. The molecule has 1 N–H and O–H groups in total. The van der Waals surface area contributed by atoms with Crippen LogP contribution in [0.1, 0.15) is 77.5 Å². The van der Waals surface area contributed by atoms with Crippen molar-refractivity contribution in [2.45, 2.75) is 77.6 Å². The molecule has 0 bridgehead atoms. The summed E-state index contributed by atoms with van der Waals surface area (Å²) in [6, 6.07) is 3.62. The summed E-state index contributed by atoms with van der Waals surface area (Å²) in [6.07, 6.45) is 4.28. The molecule has 5 heteroatoms. The Morgan fingerprint density at radius 2 is 1.92 bits per heavy atom. The van der Waals surface area contributed by atoms with Gasteiger partial charge in [0, 0.05) is 35.0 Å². The van der Waals surface area contributed by atoms with Gasteiger partial charge in [-0.15, -0.1) is 4.72 Å². The molecule has 1 aliphatic carbocycles. The highest BCUT2D eigenvalue weighted by Crippen LogP contribution is 2.43. The molecular weight excluding hydrogens is 347 g/mol. The zero-order valence-electron chi connectivity index (χ0n) is 16.7. The number of halogens is 1. The third kappa shape index (κ3) is 4.10. The highest BCUT2D eigenvalue weighted by molar-refractivity contribution is 7.90. The number of nitrogens with one attached hydrogen (secondary N) is 1. The van der Waals surface area contributed by atoms with Crippen LogP contribution < -0.4 is 4.72 Å². The first-order valence-electron chi connectivity index (χ1n) is 9.58. The van der Waals surface area contributed by atoms with Crippen molar-refractivity contribution in [1.29, 1.82) is 0 Å². The molecule has 2 aromatic rings. The van der Waals surface area contributed by atoms with Gasteiger partial charge in [0.25, 0.3) is 0 Å². The molecule has 1 unspecified atom stereocenters. The van der Waals surface area contributed by atoms with Crippen LogP contribution in [0.25, 0.3) is 10.9 Å². The Morgan fingerprint density at radius 3 is 2.46 bits per heavy atom. The number of benzene rings is 1. The van der Waals surface area contributed by atoms with Crippen molar-refractivity contribution < 1.29 is 8.94 Å². The fraction of sp³-hybridized carbons (Fsp3) is 0.619. The first kappa shape index (κ1) is 19.7. The minimum Gasteiger partial charge on any atom is -0.598 e. The Labute approximate surface area is 159 Å². The molecule has 0 radical (unpaired) electrons. The minimum absolute atomic E-state index is 0.104. The fourth-order valence-corrected chi connectivity index (χ4v) is 4.15. The number of rotatable bonds is 6. The summed E-state index contributed by atoms with van der Waals surface area (Å²) >= 11 is -1.17. The van der Waals surface area contributed by atoms with E-state index < -0.39 is 11.4 Å². The van der Waals surface area contributed by atoms with Crippen molar-refractivity contribution in [3.63, 3.8) is 0 Å². The maximum atomic E-state index is 14.7. The Morgan fingerprint density at radius 1 is 1.27 bits per heavy atom. The van der Waals surface area contributed by atoms with E-state index in [4.69, 9.17) is 0 Å².